The molecule has 7 heteroatoms. The molecular formula is C14H14ClFN2O2S. The molecule has 0 aliphatic carbocycles. The summed E-state index contributed by atoms with van der Waals surface area (Å²) in [7, 11) is -3.97. The Balaban J connectivity index is 2.58. The lowest BCUT2D eigenvalue weighted by molar-refractivity contribution is 0.586. The van der Waals surface area contributed by atoms with Crippen LogP contribution in [0.1, 0.15) is 6.92 Å². The van der Waals surface area contributed by atoms with E-state index in [1.54, 1.807) is 13.0 Å². The van der Waals surface area contributed by atoms with Gasteiger partial charge < -0.3 is 5.73 Å². The van der Waals surface area contributed by atoms with Crippen molar-refractivity contribution in [1.29, 1.82) is 0 Å². The third-order valence-electron chi connectivity index (χ3n) is 2.93. The first-order valence-electron chi connectivity index (χ1n) is 6.20. The Bertz CT molecular complexity index is 765. The van der Waals surface area contributed by atoms with Gasteiger partial charge in [0, 0.05) is 12.2 Å². The van der Waals surface area contributed by atoms with E-state index in [2.05, 4.69) is 0 Å². The highest BCUT2D eigenvalue weighted by molar-refractivity contribution is 7.93. The zero-order chi connectivity index (χ0) is 15.6. The summed E-state index contributed by atoms with van der Waals surface area (Å²) in [5.41, 5.74) is 5.90. The topological polar surface area (TPSA) is 63.4 Å². The molecule has 2 aromatic carbocycles. The summed E-state index contributed by atoms with van der Waals surface area (Å²) in [5.74, 6) is -0.616. The second-order valence-electron chi connectivity index (χ2n) is 4.31. The van der Waals surface area contributed by atoms with E-state index in [1.807, 2.05) is 0 Å². The van der Waals surface area contributed by atoms with Crippen LogP contribution in [-0.2, 0) is 10.0 Å². The number of halogens is 2. The lowest BCUT2D eigenvalue weighted by Crippen LogP contribution is -2.31. The molecule has 2 rings (SSSR count). The molecule has 21 heavy (non-hydrogen) atoms. The molecule has 0 heterocycles. The van der Waals surface area contributed by atoms with Crippen molar-refractivity contribution in [3.05, 3.63) is 53.3 Å². The maximum atomic E-state index is 13.9. The van der Waals surface area contributed by atoms with Gasteiger partial charge in [-0.3, -0.25) is 4.31 Å². The molecule has 112 valence electrons. The maximum absolute atomic E-state index is 13.9. The number of para-hydroxylation sites is 1. The van der Waals surface area contributed by atoms with E-state index < -0.39 is 15.8 Å². The summed E-state index contributed by atoms with van der Waals surface area (Å²) in [5, 5.41) is 0.00443. The van der Waals surface area contributed by atoms with Gasteiger partial charge in [-0.2, -0.15) is 0 Å². The Kier molecular flexibility index (Phi) is 4.39. The van der Waals surface area contributed by atoms with Gasteiger partial charge in [-0.15, -0.1) is 0 Å². The van der Waals surface area contributed by atoms with Crippen LogP contribution in [0.15, 0.2) is 47.4 Å². The fraction of sp³-hybridized carbons (Fsp3) is 0.143. The Morgan fingerprint density at radius 3 is 2.48 bits per heavy atom. The molecule has 0 bridgehead atoms. The van der Waals surface area contributed by atoms with E-state index in [1.165, 1.54) is 36.4 Å². The van der Waals surface area contributed by atoms with E-state index >= 15 is 0 Å². The molecule has 0 amide bonds. The van der Waals surface area contributed by atoms with Crippen LogP contribution in [-0.4, -0.2) is 15.0 Å². The molecule has 0 aromatic heterocycles. The van der Waals surface area contributed by atoms with Crippen LogP contribution in [0.25, 0.3) is 0 Å². The molecule has 0 fully saturated rings. The lowest BCUT2D eigenvalue weighted by Gasteiger charge is -2.23. The first-order chi connectivity index (χ1) is 9.87. The second-order valence-corrected chi connectivity index (χ2v) is 6.55. The summed E-state index contributed by atoms with van der Waals surface area (Å²) in [6, 6.07) is 9.78. The minimum Gasteiger partial charge on any atom is -0.399 e. The van der Waals surface area contributed by atoms with E-state index in [0.29, 0.717) is 5.69 Å². The summed E-state index contributed by atoms with van der Waals surface area (Å²) < 4.78 is 40.2. The Morgan fingerprint density at radius 1 is 1.24 bits per heavy atom. The van der Waals surface area contributed by atoms with Crippen molar-refractivity contribution in [1.82, 2.24) is 0 Å². The van der Waals surface area contributed by atoms with Crippen molar-refractivity contribution in [3.63, 3.8) is 0 Å². The molecule has 0 saturated heterocycles. The lowest BCUT2D eigenvalue weighted by atomic mass is 10.3. The van der Waals surface area contributed by atoms with Crippen molar-refractivity contribution >= 4 is 33.0 Å². The number of nitrogens with zero attached hydrogens (tertiary/aromatic N) is 1. The zero-order valence-electron chi connectivity index (χ0n) is 11.3. The molecule has 2 N–H and O–H groups in total. The van der Waals surface area contributed by atoms with Crippen molar-refractivity contribution in [2.45, 2.75) is 11.8 Å². The van der Waals surface area contributed by atoms with E-state index in [0.717, 1.165) is 4.31 Å². The van der Waals surface area contributed by atoms with Crippen LogP contribution < -0.4 is 10.0 Å². The number of anilines is 2. The van der Waals surface area contributed by atoms with E-state index in [4.69, 9.17) is 17.3 Å². The number of nitrogens with two attached hydrogens (primary N) is 1. The smallest absolute Gasteiger partial charge is 0.265 e. The highest BCUT2D eigenvalue weighted by Crippen LogP contribution is 2.30. The van der Waals surface area contributed by atoms with Crippen molar-refractivity contribution in [3.8, 4) is 0 Å². The van der Waals surface area contributed by atoms with Gasteiger partial charge >= 0.3 is 0 Å². The minimum absolute atomic E-state index is 0.00443. The van der Waals surface area contributed by atoms with Crippen LogP contribution in [0, 0.1) is 5.82 Å². The minimum atomic E-state index is -3.97. The number of hydrogen-bond donors (Lipinski definition) is 1. The molecule has 0 spiro atoms. The van der Waals surface area contributed by atoms with Crippen LogP contribution in [0.3, 0.4) is 0 Å². The number of rotatable bonds is 4. The Hall–Kier alpha value is -1.79. The Labute approximate surface area is 128 Å². The molecule has 0 aliphatic heterocycles. The summed E-state index contributed by atoms with van der Waals surface area (Å²) in [4.78, 5) is -0.108. The molecule has 4 nitrogen and oxygen atoms in total. The fourth-order valence-corrected chi connectivity index (χ4v) is 3.98. The summed E-state index contributed by atoms with van der Waals surface area (Å²) in [6.45, 7) is 1.69. The average Bonchev–Trinajstić information content (AvgIpc) is 2.41. The molecule has 0 saturated carbocycles. The van der Waals surface area contributed by atoms with Gasteiger partial charge in [-0.25, -0.2) is 12.8 Å². The highest BCUT2D eigenvalue weighted by Gasteiger charge is 2.27. The van der Waals surface area contributed by atoms with Gasteiger partial charge in [0.25, 0.3) is 10.0 Å². The van der Waals surface area contributed by atoms with Crippen molar-refractivity contribution in [2.24, 2.45) is 0 Å². The van der Waals surface area contributed by atoms with Crippen LogP contribution in [0.5, 0.6) is 0 Å². The van der Waals surface area contributed by atoms with Crippen molar-refractivity contribution in [2.75, 3.05) is 16.6 Å². The standard InChI is InChI=1S/C14H14ClFN2O2S/c1-2-18(13-6-4-3-5-12(13)16)21(19,20)14-8-7-10(17)9-11(14)15/h3-9H,2,17H2,1H3. The van der Waals surface area contributed by atoms with Gasteiger partial charge in [-0.1, -0.05) is 23.7 Å². The highest BCUT2D eigenvalue weighted by atomic mass is 35.5. The summed E-state index contributed by atoms with van der Waals surface area (Å²) in [6.07, 6.45) is 0. The predicted octanol–water partition coefficient (Wildman–Crippen LogP) is 3.28. The molecule has 0 atom stereocenters. The normalized spacial score (nSPS) is 11.4. The zero-order valence-corrected chi connectivity index (χ0v) is 12.8. The fourth-order valence-electron chi connectivity index (χ4n) is 1.97. The quantitative estimate of drug-likeness (QED) is 0.876. The Morgan fingerprint density at radius 2 is 1.90 bits per heavy atom. The maximum Gasteiger partial charge on any atom is 0.265 e. The SMILES string of the molecule is CCN(c1ccccc1F)S(=O)(=O)c1ccc(N)cc1Cl. The first-order valence-corrected chi connectivity index (χ1v) is 8.02. The molecule has 2 aromatic rings. The summed E-state index contributed by atoms with van der Waals surface area (Å²) >= 11 is 5.96. The van der Waals surface area contributed by atoms with Gasteiger partial charge in [0.15, 0.2) is 0 Å². The van der Waals surface area contributed by atoms with Crippen LogP contribution >= 0.6 is 11.6 Å². The monoisotopic (exact) mass is 328 g/mol. The van der Waals surface area contributed by atoms with E-state index in [9.17, 15) is 12.8 Å². The van der Waals surface area contributed by atoms with Gasteiger partial charge in [0.1, 0.15) is 10.7 Å². The van der Waals surface area contributed by atoms with Gasteiger partial charge in [0.05, 0.1) is 10.7 Å². The molecular weight excluding hydrogens is 315 g/mol. The molecule has 0 aliphatic rings. The number of benzene rings is 2. The number of sulfonamides is 1. The largest absolute Gasteiger partial charge is 0.399 e. The third-order valence-corrected chi connectivity index (χ3v) is 5.30. The first kappa shape index (κ1) is 15.6. The molecule has 0 radical (unpaired) electrons. The van der Waals surface area contributed by atoms with Crippen molar-refractivity contribution < 1.29 is 12.8 Å². The van der Waals surface area contributed by atoms with E-state index in [-0.39, 0.29) is 22.2 Å². The van der Waals surface area contributed by atoms with Gasteiger partial charge in [0.2, 0.25) is 0 Å². The second kappa shape index (κ2) is 5.91. The number of hydrogen-bond acceptors (Lipinski definition) is 3. The predicted molar refractivity (Wildman–Crippen MR) is 82.5 cm³/mol. The van der Waals surface area contributed by atoms with Gasteiger partial charge in [-0.05, 0) is 37.3 Å². The number of nitrogen functional groups attached to an aromatic ring is 1. The van der Waals surface area contributed by atoms with Crippen LogP contribution in [0.2, 0.25) is 5.02 Å². The van der Waals surface area contributed by atoms with Crippen LogP contribution in [0.4, 0.5) is 15.8 Å². The third kappa shape index (κ3) is 2.96. The molecule has 0 unspecified atom stereocenters. The average molecular weight is 329 g/mol.